The fraction of sp³-hybridized carbons (Fsp3) is 0.688. The molecular formula is C16H25N3O2S. The number of amides is 1. The largest absolute Gasteiger partial charge is 0.379 e. The summed E-state index contributed by atoms with van der Waals surface area (Å²) in [4.78, 5) is 18.0. The van der Waals surface area contributed by atoms with E-state index in [0.717, 1.165) is 63.7 Å². The molecular weight excluding hydrogens is 298 g/mol. The minimum absolute atomic E-state index is 0.0570. The first-order chi connectivity index (χ1) is 10.7. The molecule has 3 rings (SSSR count). The van der Waals surface area contributed by atoms with Gasteiger partial charge in [0.1, 0.15) is 0 Å². The third kappa shape index (κ3) is 3.51. The normalized spacial score (nSPS) is 23.3. The lowest BCUT2D eigenvalue weighted by atomic mass is 9.85. The molecule has 5 nitrogen and oxygen atoms in total. The molecule has 0 atom stereocenters. The molecule has 0 unspecified atom stereocenters. The van der Waals surface area contributed by atoms with Crippen molar-refractivity contribution in [2.45, 2.75) is 18.4 Å². The molecule has 2 aliphatic heterocycles. The Hall–Kier alpha value is -0.950. The monoisotopic (exact) mass is 323 g/mol. The Morgan fingerprint density at radius 2 is 2.05 bits per heavy atom. The number of hydrogen-bond acceptors (Lipinski definition) is 5. The maximum absolute atomic E-state index is 12.3. The molecule has 6 heteroatoms. The predicted molar refractivity (Wildman–Crippen MR) is 88.5 cm³/mol. The van der Waals surface area contributed by atoms with Crippen molar-refractivity contribution >= 4 is 17.2 Å². The Morgan fingerprint density at radius 3 is 2.68 bits per heavy atom. The number of carbonyl (C=O) groups is 1. The minimum Gasteiger partial charge on any atom is -0.379 e. The number of nitrogens with zero attached hydrogens (tertiary/aromatic N) is 2. The zero-order chi connectivity index (χ0) is 15.4. The van der Waals surface area contributed by atoms with Crippen LogP contribution in [-0.4, -0.2) is 74.2 Å². The van der Waals surface area contributed by atoms with Gasteiger partial charge in [0, 0.05) is 25.2 Å². The highest BCUT2D eigenvalue weighted by molar-refractivity contribution is 7.12. The molecule has 1 aromatic rings. The Morgan fingerprint density at radius 1 is 1.32 bits per heavy atom. The van der Waals surface area contributed by atoms with E-state index in [9.17, 15) is 4.79 Å². The molecule has 3 heterocycles. The van der Waals surface area contributed by atoms with Crippen molar-refractivity contribution in [3.05, 3.63) is 22.4 Å². The number of morpholine rings is 1. The number of nitrogens with one attached hydrogen (secondary N) is 1. The van der Waals surface area contributed by atoms with Crippen LogP contribution in [0.1, 0.15) is 22.5 Å². The zero-order valence-corrected chi connectivity index (χ0v) is 14.0. The maximum Gasteiger partial charge on any atom is 0.261 e. The molecule has 0 spiro atoms. The number of ether oxygens (including phenoxy) is 1. The summed E-state index contributed by atoms with van der Waals surface area (Å²) in [5, 5.41) is 5.12. The summed E-state index contributed by atoms with van der Waals surface area (Å²) in [6.45, 7) is 6.46. The Bertz CT molecular complexity index is 478. The van der Waals surface area contributed by atoms with Gasteiger partial charge in [0.05, 0.1) is 18.1 Å². The fourth-order valence-corrected chi connectivity index (χ4v) is 4.06. The quantitative estimate of drug-likeness (QED) is 0.906. The van der Waals surface area contributed by atoms with Crippen molar-refractivity contribution in [1.82, 2.24) is 15.1 Å². The number of rotatable bonds is 4. The van der Waals surface area contributed by atoms with Gasteiger partial charge >= 0.3 is 0 Å². The number of piperidine rings is 1. The van der Waals surface area contributed by atoms with Crippen LogP contribution in [0.2, 0.25) is 0 Å². The van der Waals surface area contributed by atoms with Crippen molar-refractivity contribution in [2.24, 2.45) is 0 Å². The Kier molecular flexibility index (Phi) is 5.13. The number of carbonyl (C=O) groups excluding carboxylic acids is 1. The van der Waals surface area contributed by atoms with Gasteiger partial charge in [-0.05, 0) is 44.4 Å². The summed E-state index contributed by atoms with van der Waals surface area (Å²) >= 11 is 1.50. The highest BCUT2D eigenvalue weighted by Gasteiger charge is 2.40. The standard InChI is InChI=1S/C16H25N3O2S/c1-18-6-4-16(5-7-18,19-8-10-21-11-9-19)13-17-15(20)14-3-2-12-22-14/h2-3,12H,4-11,13H2,1H3,(H,17,20). The third-order valence-electron chi connectivity index (χ3n) is 4.92. The highest BCUT2D eigenvalue weighted by Crippen LogP contribution is 2.29. The smallest absolute Gasteiger partial charge is 0.261 e. The average Bonchev–Trinajstić information content (AvgIpc) is 3.10. The lowest BCUT2D eigenvalue weighted by molar-refractivity contribution is -0.0439. The van der Waals surface area contributed by atoms with Gasteiger partial charge in [0.15, 0.2) is 0 Å². The van der Waals surface area contributed by atoms with Crippen LogP contribution >= 0.6 is 11.3 Å². The molecule has 2 aliphatic rings. The van der Waals surface area contributed by atoms with Gasteiger partial charge in [-0.25, -0.2) is 0 Å². The third-order valence-corrected chi connectivity index (χ3v) is 5.79. The van der Waals surface area contributed by atoms with E-state index in [4.69, 9.17) is 4.74 Å². The molecule has 122 valence electrons. The zero-order valence-electron chi connectivity index (χ0n) is 13.2. The number of likely N-dealkylation sites (tertiary alicyclic amines) is 1. The fourth-order valence-electron chi connectivity index (χ4n) is 3.42. The lowest BCUT2D eigenvalue weighted by Gasteiger charge is -2.49. The van der Waals surface area contributed by atoms with Crippen molar-refractivity contribution in [3.8, 4) is 0 Å². The molecule has 0 bridgehead atoms. The van der Waals surface area contributed by atoms with Gasteiger partial charge in [0.2, 0.25) is 0 Å². The van der Waals surface area contributed by atoms with E-state index in [1.54, 1.807) is 0 Å². The SMILES string of the molecule is CN1CCC(CNC(=O)c2cccs2)(N2CCOCC2)CC1. The van der Waals surface area contributed by atoms with E-state index >= 15 is 0 Å². The van der Waals surface area contributed by atoms with Gasteiger partial charge in [0.25, 0.3) is 5.91 Å². The number of hydrogen-bond donors (Lipinski definition) is 1. The van der Waals surface area contributed by atoms with Crippen molar-refractivity contribution in [3.63, 3.8) is 0 Å². The van der Waals surface area contributed by atoms with Crippen molar-refractivity contribution in [2.75, 3.05) is 53.0 Å². The van der Waals surface area contributed by atoms with E-state index in [-0.39, 0.29) is 11.4 Å². The summed E-state index contributed by atoms with van der Waals surface area (Å²) in [7, 11) is 2.17. The van der Waals surface area contributed by atoms with Gasteiger partial charge < -0.3 is 15.0 Å². The van der Waals surface area contributed by atoms with Crippen molar-refractivity contribution < 1.29 is 9.53 Å². The van der Waals surface area contributed by atoms with Crippen LogP contribution in [0.4, 0.5) is 0 Å². The molecule has 0 aliphatic carbocycles. The topological polar surface area (TPSA) is 44.8 Å². The van der Waals surface area contributed by atoms with E-state index < -0.39 is 0 Å². The molecule has 2 saturated heterocycles. The van der Waals surface area contributed by atoms with Gasteiger partial charge in [-0.1, -0.05) is 6.07 Å². The minimum atomic E-state index is 0.0570. The van der Waals surface area contributed by atoms with Crippen LogP contribution in [0.15, 0.2) is 17.5 Å². The van der Waals surface area contributed by atoms with Crippen LogP contribution < -0.4 is 5.32 Å². The molecule has 1 amide bonds. The summed E-state index contributed by atoms with van der Waals surface area (Å²) in [5.41, 5.74) is 0.0865. The van der Waals surface area contributed by atoms with Gasteiger partial charge in [-0.15, -0.1) is 11.3 Å². The molecule has 0 saturated carbocycles. The first kappa shape index (κ1) is 15.9. The van der Waals surface area contributed by atoms with Crippen molar-refractivity contribution in [1.29, 1.82) is 0 Å². The van der Waals surface area contributed by atoms with Gasteiger partial charge in [-0.2, -0.15) is 0 Å². The maximum atomic E-state index is 12.3. The second kappa shape index (κ2) is 7.08. The van der Waals surface area contributed by atoms with Crippen LogP contribution in [0.3, 0.4) is 0 Å². The van der Waals surface area contributed by atoms with E-state index in [0.29, 0.717) is 0 Å². The average molecular weight is 323 g/mol. The van der Waals surface area contributed by atoms with Crippen LogP contribution in [0.5, 0.6) is 0 Å². The summed E-state index contributed by atoms with van der Waals surface area (Å²) in [6, 6.07) is 3.81. The van der Waals surface area contributed by atoms with E-state index in [2.05, 4.69) is 22.2 Å². The summed E-state index contributed by atoms with van der Waals surface area (Å²) < 4.78 is 5.50. The van der Waals surface area contributed by atoms with Gasteiger partial charge in [-0.3, -0.25) is 9.69 Å². The second-order valence-electron chi connectivity index (χ2n) is 6.29. The first-order valence-electron chi connectivity index (χ1n) is 8.03. The molecule has 1 aromatic heterocycles. The van der Waals surface area contributed by atoms with E-state index in [1.807, 2.05) is 17.5 Å². The summed E-state index contributed by atoms with van der Waals surface area (Å²) in [6.07, 6.45) is 2.21. The highest BCUT2D eigenvalue weighted by atomic mass is 32.1. The summed E-state index contributed by atoms with van der Waals surface area (Å²) in [5.74, 6) is 0.0570. The molecule has 1 N–H and O–H groups in total. The first-order valence-corrected chi connectivity index (χ1v) is 8.91. The number of thiophene rings is 1. The van der Waals surface area contributed by atoms with Crippen LogP contribution in [0.25, 0.3) is 0 Å². The van der Waals surface area contributed by atoms with Crippen LogP contribution in [-0.2, 0) is 4.74 Å². The Balaban J connectivity index is 1.67. The molecule has 0 aromatic carbocycles. The predicted octanol–water partition coefficient (Wildman–Crippen LogP) is 1.27. The molecule has 0 radical (unpaired) electrons. The second-order valence-corrected chi connectivity index (χ2v) is 7.23. The lowest BCUT2D eigenvalue weighted by Crippen LogP contribution is -2.62. The molecule has 22 heavy (non-hydrogen) atoms. The Labute approximate surface area is 136 Å². The molecule has 2 fully saturated rings. The van der Waals surface area contributed by atoms with E-state index in [1.165, 1.54) is 11.3 Å². The van der Waals surface area contributed by atoms with Crippen LogP contribution in [0, 0.1) is 0 Å².